The molecular formula is C11H16F3N3OS. The first-order valence-electron chi connectivity index (χ1n) is 6.06. The van der Waals surface area contributed by atoms with Crippen molar-refractivity contribution in [3.05, 3.63) is 17.2 Å². The van der Waals surface area contributed by atoms with E-state index in [1.54, 1.807) is 6.26 Å². The van der Waals surface area contributed by atoms with Gasteiger partial charge in [0.25, 0.3) is 0 Å². The lowest BCUT2D eigenvalue weighted by Gasteiger charge is -2.16. The van der Waals surface area contributed by atoms with Crippen molar-refractivity contribution in [3.63, 3.8) is 0 Å². The summed E-state index contributed by atoms with van der Waals surface area (Å²) in [5.41, 5.74) is 1.14. The van der Waals surface area contributed by atoms with Gasteiger partial charge in [0.2, 0.25) is 5.82 Å². The summed E-state index contributed by atoms with van der Waals surface area (Å²) in [6.45, 7) is 1.26. The van der Waals surface area contributed by atoms with Crippen LogP contribution in [0.3, 0.4) is 0 Å². The van der Waals surface area contributed by atoms with E-state index in [-0.39, 0.29) is 6.54 Å². The van der Waals surface area contributed by atoms with Gasteiger partial charge in [0.05, 0.1) is 5.69 Å². The standard InChI is InChI=1S/C11H16F3N3OS/c1-19(18)6-2-5-17-9-3-4-15-7-8(9)16-10(17)11(12,13)14/h15H,2-7H2,1H3. The molecular weight excluding hydrogens is 279 g/mol. The van der Waals surface area contributed by atoms with Crippen LogP contribution < -0.4 is 5.32 Å². The molecule has 8 heteroatoms. The van der Waals surface area contributed by atoms with E-state index in [1.807, 2.05) is 0 Å². The monoisotopic (exact) mass is 295 g/mol. The maximum Gasteiger partial charge on any atom is 0.449 e. The number of nitrogens with one attached hydrogen (secondary N) is 1. The maximum atomic E-state index is 13.0. The fourth-order valence-corrected chi connectivity index (χ4v) is 2.79. The van der Waals surface area contributed by atoms with E-state index >= 15 is 0 Å². The number of halogens is 3. The Morgan fingerprint density at radius 2 is 2.21 bits per heavy atom. The fourth-order valence-electron chi connectivity index (χ4n) is 2.25. The minimum Gasteiger partial charge on any atom is -0.324 e. The van der Waals surface area contributed by atoms with Crippen LogP contribution in [0.25, 0.3) is 0 Å². The second-order valence-electron chi connectivity index (χ2n) is 4.54. The van der Waals surface area contributed by atoms with Crippen LogP contribution in [-0.4, -0.2) is 32.3 Å². The van der Waals surface area contributed by atoms with E-state index in [1.165, 1.54) is 4.57 Å². The van der Waals surface area contributed by atoms with Crippen molar-refractivity contribution >= 4 is 10.8 Å². The van der Waals surface area contributed by atoms with Crippen LogP contribution in [0.2, 0.25) is 0 Å². The van der Waals surface area contributed by atoms with Crippen molar-refractivity contribution in [1.82, 2.24) is 14.9 Å². The first kappa shape index (κ1) is 14.5. The quantitative estimate of drug-likeness (QED) is 0.911. The Kier molecular flexibility index (Phi) is 4.29. The molecule has 1 atom stereocenters. The highest BCUT2D eigenvalue weighted by molar-refractivity contribution is 7.84. The summed E-state index contributed by atoms with van der Waals surface area (Å²) in [6.07, 6.45) is -1.88. The van der Waals surface area contributed by atoms with Crippen LogP contribution >= 0.6 is 0 Å². The highest BCUT2D eigenvalue weighted by Crippen LogP contribution is 2.31. The highest BCUT2D eigenvalue weighted by Gasteiger charge is 2.38. The lowest BCUT2D eigenvalue weighted by Crippen LogP contribution is -2.25. The Morgan fingerprint density at radius 3 is 2.84 bits per heavy atom. The van der Waals surface area contributed by atoms with Gasteiger partial charge in [-0.15, -0.1) is 0 Å². The molecule has 2 heterocycles. The topological polar surface area (TPSA) is 46.9 Å². The van der Waals surface area contributed by atoms with E-state index < -0.39 is 22.8 Å². The minimum absolute atomic E-state index is 0.219. The van der Waals surface area contributed by atoms with Gasteiger partial charge in [0.15, 0.2) is 0 Å². The van der Waals surface area contributed by atoms with Gasteiger partial charge in [-0.25, -0.2) is 4.98 Å². The van der Waals surface area contributed by atoms with Crippen LogP contribution in [0.4, 0.5) is 13.2 Å². The van der Waals surface area contributed by atoms with E-state index in [9.17, 15) is 17.4 Å². The van der Waals surface area contributed by atoms with Crippen LogP contribution in [0.1, 0.15) is 23.6 Å². The lowest BCUT2D eigenvalue weighted by molar-refractivity contribution is -0.147. The van der Waals surface area contributed by atoms with E-state index in [0.717, 1.165) is 0 Å². The maximum absolute atomic E-state index is 13.0. The number of rotatable bonds is 4. The molecule has 1 aromatic heterocycles. The molecule has 1 N–H and O–H groups in total. The second-order valence-corrected chi connectivity index (χ2v) is 6.09. The molecule has 0 saturated heterocycles. The zero-order valence-electron chi connectivity index (χ0n) is 10.6. The molecule has 0 aromatic carbocycles. The van der Waals surface area contributed by atoms with Gasteiger partial charge in [-0.05, 0) is 6.42 Å². The first-order valence-corrected chi connectivity index (χ1v) is 7.78. The summed E-state index contributed by atoms with van der Waals surface area (Å²) in [7, 11) is -0.984. The molecule has 0 fully saturated rings. The number of fused-ring (bicyclic) bond motifs is 1. The third-order valence-corrected chi connectivity index (χ3v) is 3.92. The molecule has 1 aliphatic rings. The fraction of sp³-hybridized carbons (Fsp3) is 0.727. The molecule has 0 aliphatic carbocycles. The summed E-state index contributed by atoms with van der Waals surface area (Å²) in [5, 5.41) is 3.02. The highest BCUT2D eigenvalue weighted by atomic mass is 32.2. The Balaban J connectivity index is 2.27. The van der Waals surface area contributed by atoms with Gasteiger partial charge >= 0.3 is 6.18 Å². The predicted molar refractivity (Wildman–Crippen MR) is 66.2 cm³/mol. The number of alkyl halides is 3. The Labute approximate surface area is 111 Å². The summed E-state index contributed by atoms with van der Waals surface area (Å²) in [6, 6.07) is 0. The number of aromatic nitrogens is 2. The Morgan fingerprint density at radius 1 is 1.47 bits per heavy atom. The van der Waals surface area contributed by atoms with Crippen molar-refractivity contribution in [2.75, 3.05) is 18.6 Å². The number of hydrogen-bond donors (Lipinski definition) is 1. The Hall–Kier alpha value is -0.890. The molecule has 0 bridgehead atoms. The minimum atomic E-state index is -4.44. The number of hydrogen-bond acceptors (Lipinski definition) is 3. The first-order chi connectivity index (χ1) is 8.89. The average molecular weight is 295 g/mol. The van der Waals surface area contributed by atoms with Gasteiger partial charge in [-0.2, -0.15) is 13.2 Å². The molecule has 1 aromatic rings. The van der Waals surface area contributed by atoms with E-state index in [0.29, 0.717) is 43.1 Å². The van der Waals surface area contributed by atoms with E-state index in [2.05, 4.69) is 10.3 Å². The molecule has 108 valence electrons. The SMILES string of the molecule is CS(=O)CCCn1c(C(F)(F)F)nc2c1CCNC2. The number of nitrogens with zero attached hydrogens (tertiary/aromatic N) is 2. The largest absolute Gasteiger partial charge is 0.449 e. The molecule has 0 saturated carbocycles. The van der Waals surface area contributed by atoms with Crippen LogP contribution in [0.15, 0.2) is 0 Å². The van der Waals surface area contributed by atoms with E-state index in [4.69, 9.17) is 0 Å². The normalized spacial score (nSPS) is 17.3. The zero-order valence-corrected chi connectivity index (χ0v) is 11.4. The number of imidazole rings is 1. The van der Waals surface area contributed by atoms with Crippen molar-refractivity contribution in [2.45, 2.75) is 32.1 Å². The van der Waals surface area contributed by atoms with Crippen LogP contribution in [-0.2, 0) is 36.5 Å². The molecule has 4 nitrogen and oxygen atoms in total. The molecule has 19 heavy (non-hydrogen) atoms. The Bertz CT molecular complexity index is 484. The molecule has 0 amide bonds. The third-order valence-electron chi connectivity index (χ3n) is 3.05. The zero-order chi connectivity index (χ0) is 14.0. The van der Waals surface area contributed by atoms with Gasteiger partial charge in [0, 0.05) is 54.6 Å². The summed E-state index contributed by atoms with van der Waals surface area (Å²) >= 11 is 0. The average Bonchev–Trinajstić information content (AvgIpc) is 2.68. The van der Waals surface area contributed by atoms with Crippen molar-refractivity contribution in [1.29, 1.82) is 0 Å². The summed E-state index contributed by atoms with van der Waals surface area (Å²) in [5.74, 6) is -0.425. The lowest BCUT2D eigenvalue weighted by atomic mass is 10.2. The smallest absolute Gasteiger partial charge is 0.324 e. The molecule has 1 aliphatic heterocycles. The summed E-state index contributed by atoms with van der Waals surface area (Å²) in [4.78, 5) is 3.72. The van der Waals surface area contributed by atoms with Crippen molar-refractivity contribution in [2.24, 2.45) is 0 Å². The van der Waals surface area contributed by atoms with Crippen LogP contribution in [0.5, 0.6) is 0 Å². The van der Waals surface area contributed by atoms with Crippen LogP contribution in [0, 0.1) is 0 Å². The van der Waals surface area contributed by atoms with Gasteiger partial charge in [0.1, 0.15) is 0 Å². The van der Waals surface area contributed by atoms with Gasteiger partial charge in [-0.3, -0.25) is 4.21 Å². The molecule has 0 radical (unpaired) electrons. The molecule has 1 unspecified atom stereocenters. The predicted octanol–water partition coefficient (Wildman–Crippen LogP) is 1.32. The van der Waals surface area contributed by atoms with Crippen molar-refractivity contribution in [3.8, 4) is 0 Å². The summed E-state index contributed by atoms with van der Waals surface area (Å²) < 4.78 is 51.1. The second kappa shape index (κ2) is 5.62. The van der Waals surface area contributed by atoms with Crippen molar-refractivity contribution < 1.29 is 17.4 Å². The van der Waals surface area contributed by atoms with Gasteiger partial charge in [-0.1, -0.05) is 0 Å². The molecule has 2 rings (SSSR count). The third kappa shape index (κ3) is 3.36. The van der Waals surface area contributed by atoms with Gasteiger partial charge < -0.3 is 9.88 Å². The molecule has 0 spiro atoms.